The minimum Gasteiger partial charge on any atom is -0.489 e. The molecule has 2 aromatic rings. The molecule has 158 valence electrons. The van der Waals surface area contributed by atoms with Gasteiger partial charge in [0.1, 0.15) is 19.0 Å². The number of fused-ring (bicyclic) bond motifs is 1. The van der Waals surface area contributed by atoms with Crippen LogP contribution in [0.5, 0.6) is 5.75 Å². The molecule has 0 bridgehead atoms. The number of amidine groups is 1. The standard InChI is InChI=1S/C21H22N2O5S2/c1-27-12-20(24)22-21-23(18-13-30(25,26)14-19(18)29-21)16-7-9-17(10-8-16)28-11-15-5-3-2-4-6-15/h2-10,18-19H,11-14H2,1H3/t18-,19-/m1/s1. The number of thioether (sulfide) groups is 1. The zero-order valence-electron chi connectivity index (χ0n) is 16.4. The molecule has 9 heteroatoms. The Hall–Kier alpha value is -2.36. The van der Waals surface area contributed by atoms with Crippen LogP contribution in [0.25, 0.3) is 0 Å². The smallest absolute Gasteiger partial charge is 0.274 e. The number of carbonyl (C=O) groups excluding carboxylic acids is 1. The minimum absolute atomic E-state index is 0.0500. The van der Waals surface area contributed by atoms with E-state index in [4.69, 9.17) is 9.47 Å². The molecular formula is C21H22N2O5S2. The van der Waals surface area contributed by atoms with Crippen molar-refractivity contribution in [2.24, 2.45) is 4.99 Å². The molecule has 0 aliphatic carbocycles. The van der Waals surface area contributed by atoms with Crippen LogP contribution in [0.4, 0.5) is 5.69 Å². The van der Waals surface area contributed by atoms with E-state index in [-0.39, 0.29) is 29.4 Å². The Kier molecular flexibility index (Phi) is 6.12. The molecule has 7 nitrogen and oxygen atoms in total. The van der Waals surface area contributed by atoms with Gasteiger partial charge in [0.25, 0.3) is 5.91 Å². The zero-order valence-corrected chi connectivity index (χ0v) is 18.1. The van der Waals surface area contributed by atoms with Gasteiger partial charge in [0, 0.05) is 18.0 Å². The molecule has 2 aromatic carbocycles. The van der Waals surface area contributed by atoms with Crippen molar-refractivity contribution < 1.29 is 22.7 Å². The number of ether oxygens (including phenoxy) is 2. The van der Waals surface area contributed by atoms with Crippen molar-refractivity contribution >= 4 is 38.4 Å². The van der Waals surface area contributed by atoms with E-state index in [1.54, 1.807) is 0 Å². The highest BCUT2D eigenvalue weighted by molar-refractivity contribution is 8.16. The molecule has 2 heterocycles. The van der Waals surface area contributed by atoms with E-state index in [0.717, 1.165) is 11.3 Å². The maximum absolute atomic E-state index is 12.1. The first kappa shape index (κ1) is 20.9. The monoisotopic (exact) mass is 446 g/mol. The Morgan fingerprint density at radius 2 is 1.87 bits per heavy atom. The Morgan fingerprint density at radius 1 is 1.13 bits per heavy atom. The highest BCUT2D eigenvalue weighted by atomic mass is 32.2. The Balaban J connectivity index is 1.54. The predicted octanol–water partition coefficient (Wildman–Crippen LogP) is 2.51. The van der Waals surface area contributed by atoms with E-state index >= 15 is 0 Å². The van der Waals surface area contributed by atoms with Crippen LogP contribution in [0.2, 0.25) is 0 Å². The summed E-state index contributed by atoms with van der Waals surface area (Å²) < 4.78 is 35.0. The van der Waals surface area contributed by atoms with Crippen molar-refractivity contribution in [3.8, 4) is 5.75 Å². The maximum Gasteiger partial charge on any atom is 0.274 e. The van der Waals surface area contributed by atoms with E-state index in [1.165, 1.54) is 18.9 Å². The van der Waals surface area contributed by atoms with Crippen molar-refractivity contribution in [2.75, 3.05) is 30.1 Å². The second-order valence-electron chi connectivity index (χ2n) is 7.16. The van der Waals surface area contributed by atoms with Crippen LogP contribution >= 0.6 is 11.8 Å². The summed E-state index contributed by atoms with van der Waals surface area (Å²) in [6, 6.07) is 17.0. The fourth-order valence-electron chi connectivity index (χ4n) is 3.57. The minimum atomic E-state index is -3.11. The summed E-state index contributed by atoms with van der Waals surface area (Å²) in [6.07, 6.45) is 0. The van der Waals surface area contributed by atoms with Crippen molar-refractivity contribution in [3.63, 3.8) is 0 Å². The highest BCUT2D eigenvalue weighted by Gasteiger charge is 2.49. The Morgan fingerprint density at radius 3 is 2.57 bits per heavy atom. The number of methoxy groups -OCH3 is 1. The van der Waals surface area contributed by atoms with Gasteiger partial charge in [0.2, 0.25) is 0 Å². The lowest BCUT2D eigenvalue weighted by molar-refractivity contribution is -0.121. The molecule has 30 heavy (non-hydrogen) atoms. The molecule has 2 atom stereocenters. The molecule has 2 aliphatic heterocycles. The molecule has 1 amide bonds. The van der Waals surface area contributed by atoms with Crippen molar-refractivity contribution in [2.45, 2.75) is 17.9 Å². The summed E-state index contributed by atoms with van der Waals surface area (Å²) in [4.78, 5) is 18.0. The second kappa shape index (κ2) is 8.79. The van der Waals surface area contributed by atoms with Crippen LogP contribution < -0.4 is 9.64 Å². The molecule has 0 N–H and O–H groups in total. The third kappa shape index (κ3) is 4.69. The van der Waals surface area contributed by atoms with Crippen LogP contribution in [-0.2, 0) is 26.0 Å². The lowest BCUT2D eigenvalue weighted by Gasteiger charge is -2.24. The van der Waals surface area contributed by atoms with E-state index in [1.807, 2.05) is 59.5 Å². The fraction of sp³-hybridized carbons (Fsp3) is 0.333. The van der Waals surface area contributed by atoms with Gasteiger partial charge >= 0.3 is 0 Å². The topological polar surface area (TPSA) is 85.3 Å². The highest BCUT2D eigenvalue weighted by Crippen LogP contribution is 2.41. The van der Waals surface area contributed by atoms with Crippen LogP contribution in [0, 0.1) is 0 Å². The number of hydrogen-bond acceptors (Lipinski definition) is 6. The zero-order chi connectivity index (χ0) is 21.1. The summed E-state index contributed by atoms with van der Waals surface area (Å²) in [5.74, 6) is 0.456. The number of aliphatic imine (C=N–C) groups is 1. The number of sulfone groups is 1. The average molecular weight is 447 g/mol. The van der Waals surface area contributed by atoms with Gasteiger partial charge in [0.05, 0.1) is 17.5 Å². The van der Waals surface area contributed by atoms with Gasteiger partial charge in [0.15, 0.2) is 15.0 Å². The van der Waals surface area contributed by atoms with E-state index < -0.39 is 15.7 Å². The number of rotatable bonds is 6. The number of amides is 1. The largest absolute Gasteiger partial charge is 0.489 e. The SMILES string of the molecule is COCC(=O)N=C1S[C@@H]2CS(=O)(=O)C[C@H]2N1c1ccc(OCc2ccccc2)cc1. The van der Waals surface area contributed by atoms with Gasteiger partial charge in [-0.05, 0) is 29.8 Å². The maximum atomic E-state index is 12.1. The number of anilines is 1. The third-order valence-electron chi connectivity index (χ3n) is 4.92. The molecular weight excluding hydrogens is 424 g/mol. The van der Waals surface area contributed by atoms with Crippen LogP contribution in [0.1, 0.15) is 5.56 Å². The summed E-state index contributed by atoms with van der Waals surface area (Å²) in [7, 11) is -1.67. The number of benzene rings is 2. The molecule has 2 aliphatic rings. The number of nitrogens with zero attached hydrogens (tertiary/aromatic N) is 2. The average Bonchev–Trinajstić information content (AvgIpc) is 3.18. The van der Waals surface area contributed by atoms with Crippen LogP contribution in [0.15, 0.2) is 59.6 Å². The lowest BCUT2D eigenvalue weighted by Crippen LogP contribution is -2.37. The molecule has 0 saturated carbocycles. The first-order valence-corrected chi connectivity index (χ1v) is 12.2. The van der Waals surface area contributed by atoms with Crippen LogP contribution in [0.3, 0.4) is 0 Å². The molecule has 0 unspecified atom stereocenters. The van der Waals surface area contributed by atoms with Gasteiger partial charge in [-0.1, -0.05) is 42.1 Å². The molecule has 0 aromatic heterocycles. The first-order valence-electron chi connectivity index (χ1n) is 9.49. The summed E-state index contributed by atoms with van der Waals surface area (Å²) in [5.41, 5.74) is 1.85. The lowest BCUT2D eigenvalue weighted by atomic mass is 10.2. The van der Waals surface area contributed by atoms with Gasteiger partial charge in [-0.15, -0.1) is 0 Å². The van der Waals surface area contributed by atoms with E-state index in [0.29, 0.717) is 17.5 Å². The van der Waals surface area contributed by atoms with Crippen molar-refractivity contribution in [1.82, 2.24) is 0 Å². The van der Waals surface area contributed by atoms with Gasteiger partial charge < -0.3 is 14.4 Å². The van der Waals surface area contributed by atoms with Gasteiger partial charge in [-0.25, -0.2) is 8.42 Å². The summed E-state index contributed by atoms with van der Waals surface area (Å²) >= 11 is 1.34. The molecule has 0 spiro atoms. The summed E-state index contributed by atoms with van der Waals surface area (Å²) in [6.45, 7) is 0.346. The predicted molar refractivity (Wildman–Crippen MR) is 118 cm³/mol. The fourth-order valence-corrected chi connectivity index (χ4v) is 7.50. The third-order valence-corrected chi connectivity index (χ3v) is 8.13. The quantitative estimate of drug-likeness (QED) is 0.674. The van der Waals surface area contributed by atoms with Crippen molar-refractivity contribution in [1.29, 1.82) is 0 Å². The van der Waals surface area contributed by atoms with Gasteiger partial charge in [-0.3, -0.25) is 4.79 Å². The summed E-state index contributed by atoms with van der Waals surface area (Å²) in [5, 5.41) is 0.373. The normalized spacial score (nSPS) is 23.5. The second-order valence-corrected chi connectivity index (χ2v) is 10.5. The Labute approximate surface area is 180 Å². The van der Waals surface area contributed by atoms with Crippen molar-refractivity contribution in [3.05, 3.63) is 60.2 Å². The number of carbonyl (C=O) groups is 1. The number of hydrogen-bond donors (Lipinski definition) is 0. The van der Waals surface area contributed by atoms with E-state index in [9.17, 15) is 13.2 Å². The molecule has 0 radical (unpaired) electrons. The molecule has 2 fully saturated rings. The van der Waals surface area contributed by atoms with Crippen LogP contribution in [-0.4, -0.2) is 56.0 Å². The Bertz CT molecular complexity index is 1040. The first-order chi connectivity index (χ1) is 14.4. The molecule has 4 rings (SSSR count). The van der Waals surface area contributed by atoms with Gasteiger partial charge in [-0.2, -0.15) is 4.99 Å². The van der Waals surface area contributed by atoms with E-state index in [2.05, 4.69) is 4.99 Å². The molecule has 2 saturated heterocycles.